The van der Waals surface area contributed by atoms with E-state index in [2.05, 4.69) is 110 Å². The molecule has 0 saturated carbocycles. The van der Waals surface area contributed by atoms with Gasteiger partial charge in [0.05, 0.1) is 0 Å². The Morgan fingerprint density at radius 3 is 2.23 bits per heavy atom. The fraction of sp³-hybridized carbons (Fsp3) is 0.107. The second-order valence-corrected chi connectivity index (χ2v) is 8.11. The number of nitrogens with one attached hydrogen (secondary N) is 1. The molecular weight excluding hydrogens is 378 g/mol. The van der Waals surface area contributed by atoms with Crippen molar-refractivity contribution in [2.45, 2.75) is 20.8 Å². The van der Waals surface area contributed by atoms with Gasteiger partial charge in [0.2, 0.25) is 0 Å². The molecule has 3 aromatic carbocycles. The van der Waals surface area contributed by atoms with Crippen molar-refractivity contribution in [1.82, 2.24) is 9.55 Å². The molecule has 3 nitrogen and oxygen atoms in total. The summed E-state index contributed by atoms with van der Waals surface area (Å²) in [5, 5.41) is 4.66. The molecule has 0 spiro atoms. The van der Waals surface area contributed by atoms with Crippen molar-refractivity contribution < 1.29 is 0 Å². The van der Waals surface area contributed by atoms with Gasteiger partial charge in [0, 0.05) is 23.0 Å². The van der Waals surface area contributed by atoms with Gasteiger partial charge >= 0.3 is 0 Å². The van der Waals surface area contributed by atoms with Gasteiger partial charge in [0.25, 0.3) is 0 Å². The monoisotopic (exact) mass is 403 g/mol. The lowest BCUT2D eigenvalue weighted by Gasteiger charge is -2.14. The van der Waals surface area contributed by atoms with Gasteiger partial charge < -0.3 is 9.88 Å². The van der Waals surface area contributed by atoms with Gasteiger partial charge in [0.1, 0.15) is 11.5 Å². The molecule has 31 heavy (non-hydrogen) atoms. The predicted molar refractivity (Wildman–Crippen MR) is 130 cm³/mol. The van der Waals surface area contributed by atoms with Crippen molar-refractivity contribution in [1.29, 1.82) is 0 Å². The van der Waals surface area contributed by atoms with Gasteiger partial charge in [-0.15, -0.1) is 0 Å². The standard InChI is InChI=1S/C28H25N3/c1-19-16-20(2)27(21(3)17-19)29-26-13-12-23-14-15-31(28(23)30-26)25-11-7-10-24(18-25)22-8-5-4-6-9-22/h4-18H,1-3H3,(H,29,30). The van der Waals surface area contributed by atoms with Crippen LogP contribution in [0.1, 0.15) is 16.7 Å². The minimum atomic E-state index is 0.849. The molecule has 152 valence electrons. The van der Waals surface area contributed by atoms with E-state index in [9.17, 15) is 0 Å². The topological polar surface area (TPSA) is 29.9 Å². The van der Waals surface area contributed by atoms with E-state index in [0.717, 1.165) is 28.2 Å². The zero-order valence-corrected chi connectivity index (χ0v) is 18.1. The lowest BCUT2D eigenvalue weighted by Crippen LogP contribution is -2.01. The maximum Gasteiger partial charge on any atom is 0.146 e. The molecule has 0 aliphatic carbocycles. The highest BCUT2D eigenvalue weighted by atomic mass is 15.1. The molecule has 5 aromatic rings. The maximum absolute atomic E-state index is 4.97. The number of pyridine rings is 1. The summed E-state index contributed by atoms with van der Waals surface area (Å²) < 4.78 is 2.15. The SMILES string of the molecule is Cc1cc(C)c(Nc2ccc3ccn(-c4cccc(-c5ccccc5)c4)c3n2)c(C)c1. The Labute approximate surface area is 183 Å². The van der Waals surface area contributed by atoms with Crippen LogP contribution in [0.15, 0.2) is 91.1 Å². The summed E-state index contributed by atoms with van der Waals surface area (Å²) in [6, 6.07) is 29.7. The average Bonchev–Trinajstić information content (AvgIpc) is 3.20. The second kappa shape index (κ2) is 7.77. The summed E-state index contributed by atoms with van der Waals surface area (Å²) in [6.07, 6.45) is 2.09. The predicted octanol–water partition coefficient (Wildman–Crippen LogP) is 7.36. The Bertz CT molecular complexity index is 1360. The number of hydrogen-bond donors (Lipinski definition) is 1. The molecule has 5 rings (SSSR count). The molecule has 0 aliphatic heterocycles. The van der Waals surface area contributed by atoms with Crippen molar-refractivity contribution in [3.05, 3.63) is 108 Å². The highest BCUT2D eigenvalue weighted by Crippen LogP contribution is 2.28. The van der Waals surface area contributed by atoms with Crippen LogP contribution in [-0.4, -0.2) is 9.55 Å². The van der Waals surface area contributed by atoms with E-state index in [4.69, 9.17) is 4.98 Å². The number of aromatic nitrogens is 2. The van der Waals surface area contributed by atoms with Gasteiger partial charge in [-0.3, -0.25) is 0 Å². The Balaban J connectivity index is 1.55. The molecular formula is C28H25N3. The van der Waals surface area contributed by atoms with Crippen LogP contribution in [0.4, 0.5) is 11.5 Å². The maximum atomic E-state index is 4.97. The minimum Gasteiger partial charge on any atom is -0.340 e. The number of nitrogens with zero attached hydrogens (tertiary/aromatic N) is 2. The summed E-state index contributed by atoms with van der Waals surface area (Å²) in [5.74, 6) is 0.849. The van der Waals surface area contributed by atoms with Crippen molar-refractivity contribution in [2.24, 2.45) is 0 Å². The van der Waals surface area contributed by atoms with E-state index in [-0.39, 0.29) is 0 Å². The zero-order chi connectivity index (χ0) is 21.4. The van der Waals surface area contributed by atoms with E-state index in [1.54, 1.807) is 0 Å². The van der Waals surface area contributed by atoms with E-state index < -0.39 is 0 Å². The largest absolute Gasteiger partial charge is 0.340 e. The molecule has 2 aromatic heterocycles. The number of fused-ring (bicyclic) bond motifs is 1. The van der Waals surface area contributed by atoms with Gasteiger partial charge in [-0.05, 0) is 73.4 Å². The number of rotatable bonds is 4. The Morgan fingerprint density at radius 1 is 0.710 bits per heavy atom. The first kappa shape index (κ1) is 19.1. The molecule has 0 amide bonds. The van der Waals surface area contributed by atoms with Gasteiger partial charge in [0.15, 0.2) is 0 Å². The van der Waals surface area contributed by atoms with Gasteiger partial charge in [-0.2, -0.15) is 0 Å². The highest BCUT2D eigenvalue weighted by Gasteiger charge is 2.10. The number of aryl methyl sites for hydroxylation is 3. The fourth-order valence-corrected chi connectivity index (χ4v) is 4.26. The van der Waals surface area contributed by atoms with Crippen LogP contribution in [0.2, 0.25) is 0 Å². The second-order valence-electron chi connectivity index (χ2n) is 8.11. The first-order valence-corrected chi connectivity index (χ1v) is 10.6. The third-order valence-corrected chi connectivity index (χ3v) is 5.70. The van der Waals surface area contributed by atoms with Crippen LogP contribution in [0, 0.1) is 20.8 Å². The first-order chi connectivity index (χ1) is 15.1. The molecule has 0 saturated heterocycles. The van der Waals surface area contributed by atoms with E-state index in [1.807, 2.05) is 12.1 Å². The van der Waals surface area contributed by atoms with E-state index >= 15 is 0 Å². The van der Waals surface area contributed by atoms with E-state index in [1.165, 1.54) is 27.8 Å². The normalized spacial score (nSPS) is 11.1. The minimum absolute atomic E-state index is 0.849. The molecule has 0 bridgehead atoms. The van der Waals surface area contributed by atoms with Crippen LogP contribution in [-0.2, 0) is 0 Å². The Morgan fingerprint density at radius 2 is 1.45 bits per heavy atom. The summed E-state index contributed by atoms with van der Waals surface area (Å²) in [5.41, 5.74) is 9.30. The van der Waals surface area contributed by atoms with Crippen LogP contribution in [0.3, 0.4) is 0 Å². The third-order valence-electron chi connectivity index (χ3n) is 5.70. The van der Waals surface area contributed by atoms with Crippen molar-refractivity contribution >= 4 is 22.5 Å². The van der Waals surface area contributed by atoms with Crippen LogP contribution in [0.5, 0.6) is 0 Å². The molecule has 2 heterocycles. The smallest absolute Gasteiger partial charge is 0.146 e. The summed E-state index contributed by atoms with van der Waals surface area (Å²) in [4.78, 5) is 4.97. The van der Waals surface area contributed by atoms with Crippen LogP contribution >= 0.6 is 0 Å². The number of hydrogen-bond acceptors (Lipinski definition) is 2. The van der Waals surface area contributed by atoms with Crippen molar-refractivity contribution in [2.75, 3.05) is 5.32 Å². The van der Waals surface area contributed by atoms with Crippen molar-refractivity contribution in [3.8, 4) is 16.8 Å². The average molecular weight is 404 g/mol. The molecule has 3 heteroatoms. The van der Waals surface area contributed by atoms with Gasteiger partial charge in [-0.1, -0.05) is 60.2 Å². The number of benzene rings is 3. The molecule has 0 fully saturated rings. The Hall–Kier alpha value is -3.85. The zero-order valence-electron chi connectivity index (χ0n) is 18.1. The highest BCUT2D eigenvalue weighted by molar-refractivity contribution is 5.81. The Kier molecular flexibility index (Phi) is 4.79. The van der Waals surface area contributed by atoms with Gasteiger partial charge in [-0.25, -0.2) is 4.98 Å². The summed E-state index contributed by atoms with van der Waals surface area (Å²) in [7, 11) is 0. The molecule has 0 aliphatic rings. The molecule has 0 unspecified atom stereocenters. The fourth-order valence-electron chi connectivity index (χ4n) is 4.26. The lowest BCUT2D eigenvalue weighted by atomic mass is 10.1. The van der Waals surface area contributed by atoms with E-state index in [0.29, 0.717) is 0 Å². The van der Waals surface area contributed by atoms with Crippen LogP contribution < -0.4 is 5.32 Å². The van der Waals surface area contributed by atoms with Crippen LogP contribution in [0.25, 0.3) is 27.8 Å². The molecule has 1 N–H and O–H groups in total. The lowest BCUT2D eigenvalue weighted by molar-refractivity contribution is 1.09. The van der Waals surface area contributed by atoms with Crippen molar-refractivity contribution in [3.63, 3.8) is 0 Å². The molecule has 0 atom stereocenters. The summed E-state index contributed by atoms with van der Waals surface area (Å²) in [6.45, 7) is 6.40. The quantitative estimate of drug-likeness (QED) is 0.340. The first-order valence-electron chi connectivity index (χ1n) is 10.6. The summed E-state index contributed by atoms with van der Waals surface area (Å²) >= 11 is 0. The molecule has 0 radical (unpaired) electrons. The third kappa shape index (κ3) is 3.71. The number of anilines is 2.